The van der Waals surface area contributed by atoms with E-state index in [4.69, 9.17) is 0 Å². The number of aromatic nitrogens is 1. The molecule has 0 atom stereocenters. The normalized spacial score (nSPS) is 15.6. The Bertz CT molecular complexity index is 1590. The number of hydrogen-bond donors (Lipinski definition) is 0. The second-order valence-electron chi connectivity index (χ2n) is 10.0. The number of pyridine rings is 1. The molecule has 2 heterocycles. The molecule has 1 fully saturated rings. The molecular weight excluding hydrogens is 418 g/mol. The lowest BCUT2D eigenvalue weighted by atomic mass is 9.89. The van der Waals surface area contributed by atoms with Gasteiger partial charge in [0.2, 0.25) is 5.69 Å². The van der Waals surface area contributed by atoms with E-state index in [1.165, 1.54) is 96.6 Å². The van der Waals surface area contributed by atoms with E-state index >= 15 is 0 Å². The number of nitrogens with zero attached hydrogens (tertiary/aromatic N) is 1. The quantitative estimate of drug-likeness (QED) is 0.192. The van der Waals surface area contributed by atoms with Gasteiger partial charge in [0.15, 0.2) is 6.20 Å². The molecule has 7 rings (SSSR count). The Morgan fingerprint density at radius 3 is 2.52 bits per heavy atom. The average Bonchev–Trinajstić information content (AvgIpc) is 3.33. The van der Waals surface area contributed by atoms with Gasteiger partial charge in [-0.2, -0.15) is 0 Å². The van der Waals surface area contributed by atoms with Crippen molar-refractivity contribution < 1.29 is 4.57 Å². The van der Waals surface area contributed by atoms with Gasteiger partial charge in [0.25, 0.3) is 0 Å². The Morgan fingerprint density at radius 2 is 1.64 bits per heavy atom. The van der Waals surface area contributed by atoms with Crippen molar-refractivity contribution in [3.8, 4) is 11.3 Å². The molecular formula is C31H28NS+. The fourth-order valence-electron chi connectivity index (χ4n) is 6.46. The summed E-state index contributed by atoms with van der Waals surface area (Å²) in [7, 11) is 2.21. The first-order valence-electron chi connectivity index (χ1n) is 12.3. The molecule has 1 aliphatic carbocycles. The third-order valence-corrected chi connectivity index (χ3v) is 9.11. The van der Waals surface area contributed by atoms with Gasteiger partial charge in [-0.05, 0) is 64.1 Å². The molecule has 0 unspecified atom stereocenters. The first kappa shape index (κ1) is 19.6. The third-order valence-electron chi connectivity index (χ3n) is 8.02. The zero-order valence-electron chi connectivity index (χ0n) is 19.3. The number of rotatable bonds is 2. The van der Waals surface area contributed by atoms with Crippen LogP contribution in [0.3, 0.4) is 0 Å². The fourth-order valence-corrected chi connectivity index (χ4v) is 7.73. The summed E-state index contributed by atoms with van der Waals surface area (Å²) in [5.41, 5.74) is 5.71. The summed E-state index contributed by atoms with van der Waals surface area (Å²) in [5, 5.41) is 8.42. The van der Waals surface area contributed by atoms with Crippen LogP contribution in [0, 0.1) is 12.8 Å². The molecule has 0 spiro atoms. The minimum Gasteiger partial charge on any atom is -0.200 e. The van der Waals surface area contributed by atoms with Gasteiger partial charge >= 0.3 is 0 Å². The Balaban J connectivity index is 1.57. The average molecular weight is 447 g/mol. The van der Waals surface area contributed by atoms with E-state index in [0.29, 0.717) is 0 Å². The van der Waals surface area contributed by atoms with Gasteiger partial charge in [0.1, 0.15) is 7.05 Å². The molecule has 0 radical (unpaired) electrons. The van der Waals surface area contributed by atoms with E-state index in [-0.39, 0.29) is 0 Å². The van der Waals surface area contributed by atoms with Gasteiger partial charge in [0, 0.05) is 21.2 Å². The predicted octanol–water partition coefficient (Wildman–Crippen LogP) is 8.14. The van der Waals surface area contributed by atoms with Gasteiger partial charge in [-0.25, -0.2) is 4.57 Å². The number of aryl methyl sites for hydroxylation is 2. The van der Waals surface area contributed by atoms with E-state index in [1.54, 1.807) is 0 Å². The summed E-state index contributed by atoms with van der Waals surface area (Å²) in [6, 6.07) is 23.0. The summed E-state index contributed by atoms with van der Waals surface area (Å²) in [5.74, 6) is 0.848. The van der Waals surface area contributed by atoms with Crippen molar-refractivity contribution in [2.75, 3.05) is 0 Å². The fraction of sp³-hybridized carbons (Fsp3) is 0.258. The summed E-state index contributed by atoms with van der Waals surface area (Å²) >= 11 is 1.95. The molecule has 1 saturated carbocycles. The topological polar surface area (TPSA) is 3.88 Å². The van der Waals surface area contributed by atoms with Crippen LogP contribution in [-0.4, -0.2) is 0 Å². The number of benzene rings is 4. The standard InChI is InChI=1S/C31H28NS/c1-19-24-13-6-5-10-21(24)17-26-28(19)31-30-25(14-15-32(31)2)29-22(16-20-8-3-4-9-20)11-7-12-23(29)18-27(30)33-26/h5-7,10-15,17-18,20H,3-4,8-9,16H2,1-2H3/q+1. The molecule has 1 aromatic heterocycles. The van der Waals surface area contributed by atoms with Crippen LogP contribution in [0.2, 0.25) is 0 Å². The highest BCUT2D eigenvalue weighted by Gasteiger charge is 2.30. The minimum atomic E-state index is 0.848. The van der Waals surface area contributed by atoms with Crippen molar-refractivity contribution in [3.05, 3.63) is 78.0 Å². The van der Waals surface area contributed by atoms with Crippen molar-refractivity contribution in [1.29, 1.82) is 0 Å². The van der Waals surface area contributed by atoms with Gasteiger partial charge in [0.05, 0.1) is 10.9 Å². The van der Waals surface area contributed by atoms with Crippen molar-refractivity contribution in [2.45, 2.75) is 48.8 Å². The molecule has 2 heteroatoms. The maximum absolute atomic E-state index is 2.46. The highest BCUT2D eigenvalue weighted by atomic mass is 32.2. The molecule has 0 N–H and O–H groups in total. The van der Waals surface area contributed by atoms with E-state index in [9.17, 15) is 0 Å². The van der Waals surface area contributed by atoms with Crippen LogP contribution in [0.4, 0.5) is 0 Å². The summed E-state index contributed by atoms with van der Waals surface area (Å²) in [4.78, 5) is 2.77. The maximum atomic E-state index is 2.46. The first-order chi connectivity index (χ1) is 16.2. The Labute approximate surface area is 199 Å². The van der Waals surface area contributed by atoms with Crippen LogP contribution in [0.15, 0.2) is 76.7 Å². The summed E-state index contributed by atoms with van der Waals surface area (Å²) in [6.07, 6.45) is 9.09. The Kier molecular flexibility index (Phi) is 4.36. The molecule has 2 aliphatic rings. The molecule has 1 nitrogen and oxygen atoms in total. The van der Waals surface area contributed by atoms with Gasteiger partial charge in [-0.3, -0.25) is 0 Å². The largest absolute Gasteiger partial charge is 0.222 e. The van der Waals surface area contributed by atoms with E-state index < -0.39 is 0 Å². The Hall–Kier alpha value is -2.84. The molecule has 0 bridgehead atoms. The van der Waals surface area contributed by atoms with Crippen LogP contribution in [0.1, 0.15) is 36.8 Å². The minimum absolute atomic E-state index is 0.848. The van der Waals surface area contributed by atoms with Crippen LogP contribution in [0.25, 0.3) is 43.6 Å². The lowest BCUT2D eigenvalue weighted by Crippen LogP contribution is -2.31. The van der Waals surface area contributed by atoms with Crippen molar-refractivity contribution in [2.24, 2.45) is 13.0 Å². The van der Waals surface area contributed by atoms with Gasteiger partial charge in [-0.15, -0.1) is 0 Å². The summed E-state index contributed by atoms with van der Waals surface area (Å²) < 4.78 is 2.34. The highest BCUT2D eigenvalue weighted by molar-refractivity contribution is 7.99. The number of hydrogen-bond acceptors (Lipinski definition) is 1. The first-order valence-corrected chi connectivity index (χ1v) is 13.1. The molecule has 4 aromatic carbocycles. The molecule has 5 aromatic rings. The molecule has 1 aliphatic heterocycles. The van der Waals surface area contributed by atoms with Crippen LogP contribution >= 0.6 is 11.8 Å². The smallest absolute Gasteiger partial charge is 0.200 e. The van der Waals surface area contributed by atoms with Gasteiger partial charge in [-0.1, -0.05) is 79.9 Å². The SMILES string of the molecule is Cc1c2c(cc3ccccc13)Sc1cc3cccc(CC4CCCC4)c3c3cc[n+](C)c-2c13. The zero-order valence-corrected chi connectivity index (χ0v) is 20.1. The van der Waals surface area contributed by atoms with Gasteiger partial charge < -0.3 is 0 Å². The van der Waals surface area contributed by atoms with Crippen molar-refractivity contribution >= 4 is 44.1 Å². The van der Waals surface area contributed by atoms with E-state index in [0.717, 1.165) is 5.92 Å². The van der Waals surface area contributed by atoms with Crippen LogP contribution in [-0.2, 0) is 13.5 Å². The second-order valence-corrected chi connectivity index (χ2v) is 11.1. The zero-order chi connectivity index (χ0) is 22.1. The van der Waals surface area contributed by atoms with Crippen LogP contribution in [0.5, 0.6) is 0 Å². The predicted molar refractivity (Wildman–Crippen MR) is 140 cm³/mol. The third kappa shape index (κ3) is 2.90. The lowest BCUT2D eigenvalue weighted by molar-refractivity contribution is -0.659. The highest BCUT2D eigenvalue weighted by Crippen LogP contribution is 2.51. The molecule has 162 valence electrons. The second kappa shape index (κ2) is 7.33. The van der Waals surface area contributed by atoms with Crippen molar-refractivity contribution in [3.63, 3.8) is 0 Å². The Morgan fingerprint density at radius 1 is 0.848 bits per heavy atom. The lowest BCUT2D eigenvalue weighted by Gasteiger charge is -2.23. The molecule has 0 amide bonds. The van der Waals surface area contributed by atoms with E-state index in [1.807, 2.05) is 11.8 Å². The van der Waals surface area contributed by atoms with E-state index in [2.05, 4.69) is 85.4 Å². The van der Waals surface area contributed by atoms with Crippen molar-refractivity contribution in [1.82, 2.24) is 0 Å². The number of fused-ring (bicyclic) bond motifs is 5. The van der Waals surface area contributed by atoms with Crippen LogP contribution < -0.4 is 4.57 Å². The summed E-state index contributed by atoms with van der Waals surface area (Å²) in [6.45, 7) is 2.30. The monoisotopic (exact) mass is 446 g/mol. The molecule has 33 heavy (non-hydrogen) atoms. The maximum Gasteiger partial charge on any atom is 0.222 e. The molecule has 0 saturated heterocycles.